The Morgan fingerprint density at radius 2 is 1.06 bits per heavy atom. The number of carbonyl (C=O) groups is 1. The predicted octanol–water partition coefficient (Wildman–Crippen LogP) is 11.5. The average Bonchev–Trinajstić information content (AvgIpc) is 3.10. The molecule has 0 aromatic heterocycles. The second-order valence-corrected chi connectivity index (χ2v) is 17.8. The van der Waals surface area contributed by atoms with Crippen molar-refractivity contribution in [1.82, 2.24) is 5.32 Å². The largest absolute Gasteiger partial charge is 0.756 e. The van der Waals surface area contributed by atoms with Gasteiger partial charge < -0.3 is 28.8 Å². The number of aliphatic hydroxyl groups is 1. The number of hydrogen-bond acceptors (Lipinski definition) is 6. The smallest absolute Gasteiger partial charge is 0.268 e. The Bertz CT molecular complexity index is 922. The number of aliphatic hydroxyl groups excluding tert-OH is 1. The van der Waals surface area contributed by atoms with Gasteiger partial charge in [-0.3, -0.25) is 9.36 Å². The van der Waals surface area contributed by atoms with E-state index in [4.69, 9.17) is 9.05 Å². The minimum atomic E-state index is -4.58. The topological polar surface area (TPSA) is 108 Å². The summed E-state index contributed by atoms with van der Waals surface area (Å²) in [5.74, 6) is -0.208. The van der Waals surface area contributed by atoms with Crippen molar-refractivity contribution >= 4 is 13.7 Å². The third-order valence-corrected chi connectivity index (χ3v) is 10.9. The van der Waals surface area contributed by atoms with Crippen LogP contribution in [-0.4, -0.2) is 68.5 Å². The number of rotatable bonds is 40. The summed E-state index contributed by atoms with van der Waals surface area (Å²) in [6.45, 7) is 4.55. The first-order valence-corrected chi connectivity index (χ1v) is 23.7. The lowest BCUT2D eigenvalue weighted by Gasteiger charge is -2.29. The number of nitrogens with one attached hydrogen (secondary N) is 1. The number of carbonyl (C=O) groups excluding carboxylic acids is 1. The van der Waals surface area contributed by atoms with Gasteiger partial charge in [-0.1, -0.05) is 192 Å². The summed E-state index contributed by atoms with van der Waals surface area (Å²) in [6.07, 6.45) is 42.6. The molecule has 3 unspecified atom stereocenters. The van der Waals surface area contributed by atoms with Crippen LogP contribution in [0.25, 0.3) is 0 Å². The van der Waals surface area contributed by atoms with E-state index in [1.165, 1.54) is 141 Å². The highest BCUT2D eigenvalue weighted by atomic mass is 31.2. The van der Waals surface area contributed by atoms with E-state index in [9.17, 15) is 19.4 Å². The molecule has 9 heteroatoms. The molecule has 53 heavy (non-hydrogen) atoms. The zero-order chi connectivity index (χ0) is 39.3. The zero-order valence-corrected chi connectivity index (χ0v) is 36.4. The first-order valence-electron chi connectivity index (χ1n) is 22.2. The Morgan fingerprint density at radius 3 is 1.51 bits per heavy atom. The van der Waals surface area contributed by atoms with Gasteiger partial charge in [0.15, 0.2) is 0 Å². The molecule has 1 amide bonds. The summed E-state index contributed by atoms with van der Waals surface area (Å²) in [7, 11) is 1.25. The number of likely N-dealkylation sites (N-methyl/N-ethyl adjacent to an activating group) is 1. The summed E-state index contributed by atoms with van der Waals surface area (Å²) in [5.41, 5.74) is 0. The van der Waals surface area contributed by atoms with Crippen LogP contribution in [0.15, 0.2) is 24.3 Å². The number of nitrogens with zero attached hydrogens (tertiary/aromatic N) is 1. The van der Waals surface area contributed by atoms with Crippen LogP contribution in [0.2, 0.25) is 0 Å². The second kappa shape index (κ2) is 36.6. The van der Waals surface area contributed by atoms with Gasteiger partial charge in [0.2, 0.25) is 5.91 Å². The van der Waals surface area contributed by atoms with Crippen LogP contribution in [0, 0.1) is 0 Å². The third kappa shape index (κ3) is 39.0. The van der Waals surface area contributed by atoms with Gasteiger partial charge in [-0.2, -0.15) is 0 Å². The molecule has 8 nitrogen and oxygen atoms in total. The van der Waals surface area contributed by atoms with Crippen molar-refractivity contribution < 1.29 is 32.9 Å². The van der Waals surface area contributed by atoms with E-state index in [1.807, 2.05) is 27.2 Å². The number of phosphoric ester groups is 1. The molecule has 314 valence electrons. The molecule has 0 saturated carbocycles. The van der Waals surface area contributed by atoms with Crippen LogP contribution < -0.4 is 10.2 Å². The van der Waals surface area contributed by atoms with Crippen LogP contribution in [0.3, 0.4) is 0 Å². The fourth-order valence-corrected chi connectivity index (χ4v) is 7.05. The van der Waals surface area contributed by atoms with Gasteiger partial charge in [-0.15, -0.1) is 0 Å². The highest BCUT2D eigenvalue weighted by Crippen LogP contribution is 2.38. The maximum absolute atomic E-state index is 12.8. The molecule has 0 fully saturated rings. The van der Waals surface area contributed by atoms with Gasteiger partial charge in [0.05, 0.1) is 39.9 Å². The van der Waals surface area contributed by atoms with Crippen LogP contribution in [-0.2, 0) is 18.4 Å². The van der Waals surface area contributed by atoms with Crippen molar-refractivity contribution in [2.75, 3.05) is 40.9 Å². The Labute approximate surface area is 328 Å². The first kappa shape index (κ1) is 52.0. The quantitative estimate of drug-likeness (QED) is 0.0278. The molecule has 3 atom stereocenters. The third-order valence-electron chi connectivity index (χ3n) is 9.91. The number of unbranched alkanes of at least 4 members (excludes halogenated alkanes) is 25. The highest BCUT2D eigenvalue weighted by Gasteiger charge is 2.23. The van der Waals surface area contributed by atoms with Crippen LogP contribution in [0.4, 0.5) is 0 Å². The number of allylic oxidation sites excluding steroid dienone is 3. The average molecular weight is 771 g/mol. The van der Waals surface area contributed by atoms with E-state index in [-0.39, 0.29) is 12.5 Å². The van der Waals surface area contributed by atoms with Crippen molar-refractivity contribution in [2.24, 2.45) is 0 Å². The van der Waals surface area contributed by atoms with Crippen molar-refractivity contribution in [2.45, 2.75) is 212 Å². The Morgan fingerprint density at radius 1 is 0.642 bits per heavy atom. The molecule has 0 heterocycles. The molecule has 0 aromatic carbocycles. The van der Waals surface area contributed by atoms with E-state index in [1.54, 1.807) is 6.08 Å². The van der Waals surface area contributed by atoms with Crippen LogP contribution >= 0.6 is 7.82 Å². The monoisotopic (exact) mass is 771 g/mol. The molecular formula is C44H87N2O6P. The van der Waals surface area contributed by atoms with Gasteiger partial charge in [0.25, 0.3) is 7.82 Å². The molecule has 0 aliphatic carbocycles. The standard InChI is InChI=1S/C44H87N2O6P/c1-6-8-10-12-14-16-17-18-19-20-21-22-23-24-25-26-27-28-29-30-32-34-36-38-44(48)45-42(41-52-53(49,50)51-40-39-46(3,4)5)43(47)37-35-33-31-15-13-11-9-7-2/h13,15,35,37,42-43,47H,6-12,14,16-34,36,38-41H2,1-5H3,(H-,45,48,49,50)/b15-13+,37-35+. The molecule has 0 aliphatic rings. The lowest BCUT2D eigenvalue weighted by molar-refractivity contribution is -0.870. The van der Waals surface area contributed by atoms with E-state index in [0.29, 0.717) is 17.4 Å². The minimum Gasteiger partial charge on any atom is -0.756 e. The zero-order valence-electron chi connectivity index (χ0n) is 35.5. The van der Waals surface area contributed by atoms with E-state index in [2.05, 4.69) is 31.3 Å². The van der Waals surface area contributed by atoms with Crippen molar-refractivity contribution in [3.05, 3.63) is 24.3 Å². The summed E-state index contributed by atoms with van der Waals surface area (Å²) < 4.78 is 23.1. The molecule has 0 bridgehead atoms. The predicted molar refractivity (Wildman–Crippen MR) is 224 cm³/mol. The molecule has 0 aromatic rings. The van der Waals surface area contributed by atoms with Crippen molar-refractivity contribution in [1.29, 1.82) is 0 Å². The molecular weight excluding hydrogens is 683 g/mol. The molecule has 0 saturated heterocycles. The first-order chi connectivity index (χ1) is 25.5. The Hall–Kier alpha value is -1.02. The van der Waals surface area contributed by atoms with Gasteiger partial charge in [0, 0.05) is 6.42 Å². The van der Waals surface area contributed by atoms with Crippen molar-refractivity contribution in [3.8, 4) is 0 Å². The molecule has 0 aliphatic heterocycles. The second-order valence-electron chi connectivity index (χ2n) is 16.4. The van der Waals surface area contributed by atoms with Crippen LogP contribution in [0.5, 0.6) is 0 Å². The molecule has 0 radical (unpaired) electrons. The Kier molecular flexibility index (Phi) is 35.9. The highest BCUT2D eigenvalue weighted by molar-refractivity contribution is 7.45. The van der Waals surface area contributed by atoms with Gasteiger partial charge in [-0.25, -0.2) is 0 Å². The van der Waals surface area contributed by atoms with Crippen LogP contribution in [0.1, 0.15) is 200 Å². The maximum atomic E-state index is 12.8. The van der Waals surface area contributed by atoms with Gasteiger partial charge >= 0.3 is 0 Å². The summed E-state index contributed by atoms with van der Waals surface area (Å²) in [4.78, 5) is 25.2. The summed E-state index contributed by atoms with van der Waals surface area (Å²) in [5, 5.41) is 13.6. The molecule has 2 N–H and O–H groups in total. The SMILES string of the molecule is CCCC/C=C/CC/C=C/C(O)C(COP(=O)([O-])OCC[N+](C)(C)C)NC(=O)CCCCCCCCCCCCCCCCCCCCCCCCC. The fourth-order valence-electron chi connectivity index (χ4n) is 6.33. The lowest BCUT2D eigenvalue weighted by Crippen LogP contribution is -2.45. The van der Waals surface area contributed by atoms with Crippen molar-refractivity contribution in [3.63, 3.8) is 0 Å². The van der Waals surface area contributed by atoms with E-state index in [0.717, 1.165) is 38.5 Å². The number of quaternary nitrogens is 1. The fraction of sp³-hybridized carbons (Fsp3) is 0.886. The number of hydrogen-bond donors (Lipinski definition) is 2. The minimum absolute atomic E-state index is 0.00489. The number of phosphoric acid groups is 1. The Balaban J connectivity index is 4.14. The summed E-state index contributed by atoms with van der Waals surface area (Å²) in [6, 6.07) is -0.896. The van der Waals surface area contributed by atoms with E-state index >= 15 is 0 Å². The molecule has 0 rings (SSSR count). The van der Waals surface area contributed by atoms with E-state index < -0.39 is 26.6 Å². The number of amides is 1. The summed E-state index contributed by atoms with van der Waals surface area (Å²) >= 11 is 0. The van der Waals surface area contributed by atoms with Gasteiger partial charge in [-0.05, 0) is 25.7 Å². The lowest BCUT2D eigenvalue weighted by atomic mass is 10.0. The normalized spacial score (nSPS) is 14.6. The van der Waals surface area contributed by atoms with Gasteiger partial charge in [0.1, 0.15) is 13.2 Å². The molecule has 0 spiro atoms. The maximum Gasteiger partial charge on any atom is 0.268 e.